The van der Waals surface area contributed by atoms with Crippen LogP contribution >= 0.6 is 11.6 Å². The van der Waals surface area contributed by atoms with E-state index in [1.807, 2.05) is 49.4 Å². The highest BCUT2D eigenvalue weighted by atomic mass is 35.5. The van der Waals surface area contributed by atoms with Crippen molar-refractivity contribution in [1.29, 1.82) is 0 Å². The van der Waals surface area contributed by atoms with Crippen LogP contribution in [0.3, 0.4) is 0 Å². The lowest BCUT2D eigenvalue weighted by Crippen LogP contribution is -2.39. The quantitative estimate of drug-likeness (QED) is 0.702. The van der Waals surface area contributed by atoms with Gasteiger partial charge in [0, 0.05) is 43.2 Å². The van der Waals surface area contributed by atoms with E-state index in [0.717, 1.165) is 43.4 Å². The van der Waals surface area contributed by atoms with Crippen LogP contribution in [0, 0.1) is 6.92 Å². The second-order valence-corrected chi connectivity index (χ2v) is 6.77. The molecule has 3 heterocycles. The predicted molar refractivity (Wildman–Crippen MR) is 101 cm³/mol. The average molecular weight is 370 g/mol. The molecule has 1 aromatic carbocycles. The molecule has 0 bridgehead atoms. The number of ether oxygens (including phenoxy) is 1. The average Bonchev–Trinajstić information content (AvgIpc) is 3.05. The van der Waals surface area contributed by atoms with Crippen molar-refractivity contribution in [3.05, 3.63) is 59.5 Å². The van der Waals surface area contributed by atoms with Gasteiger partial charge in [-0.1, -0.05) is 17.7 Å². The monoisotopic (exact) mass is 369 g/mol. The second kappa shape index (κ2) is 7.33. The lowest BCUT2D eigenvalue weighted by atomic mass is 10.1. The molecule has 0 N–H and O–H groups in total. The maximum absolute atomic E-state index is 6.01. The van der Waals surface area contributed by atoms with Crippen molar-refractivity contribution in [3.8, 4) is 11.6 Å². The Labute approximate surface area is 157 Å². The number of nitrogens with zero attached hydrogens (tertiary/aromatic N) is 5. The summed E-state index contributed by atoms with van der Waals surface area (Å²) in [4.78, 5) is 6.50. The van der Waals surface area contributed by atoms with Gasteiger partial charge in [-0.2, -0.15) is 0 Å². The van der Waals surface area contributed by atoms with E-state index in [1.165, 1.54) is 0 Å². The van der Waals surface area contributed by atoms with Gasteiger partial charge < -0.3 is 9.64 Å². The van der Waals surface area contributed by atoms with Crippen LogP contribution in [0.15, 0.2) is 48.7 Å². The fourth-order valence-corrected chi connectivity index (χ4v) is 3.34. The summed E-state index contributed by atoms with van der Waals surface area (Å²) in [6, 6.07) is 13.5. The molecule has 1 fully saturated rings. The van der Waals surface area contributed by atoms with Crippen LogP contribution in [-0.4, -0.2) is 38.9 Å². The Hall–Kier alpha value is -2.60. The number of aromatic nitrogens is 4. The molecule has 7 heteroatoms. The van der Waals surface area contributed by atoms with Crippen LogP contribution in [0.25, 0.3) is 5.69 Å². The fourth-order valence-electron chi connectivity index (χ4n) is 3.21. The van der Waals surface area contributed by atoms with Crippen LogP contribution in [-0.2, 0) is 0 Å². The minimum Gasteiger partial charge on any atom is -0.474 e. The second-order valence-electron chi connectivity index (χ2n) is 6.33. The maximum Gasteiger partial charge on any atom is 0.231 e. The van der Waals surface area contributed by atoms with Crippen molar-refractivity contribution in [2.75, 3.05) is 18.0 Å². The predicted octanol–water partition coefficient (Wildman–Crippen LogP) is 3.67. The zero-order chi connectivity index (χ0) is 17.9. The van der Waals surface area contributed by atoms with Gasteiger partial charge in [0.05, 0.1) is 5.69 Å². The van der Waals surface area contributed by atoms with E-state index in [0.29, 0.717) is 10.9 Å². The van der Waals surface area contributed by atoms with Gasteiger partial charge in [-0.05, 0) is 37.3 Å². The topological polar surface area (TPSA) is 56.1 Å². The van der Waals surface area contributed by atoms with Crippen LogP contribution in [0.5, 0.6) is 5.88 Å². The summed E-state index contributed by atoms with van der Waals surface area (Å²) in [5.74, 6) is 2.40. The zero-order valence-electron chi connectivity index (χ0n) is 14.5. The summed E-state index contributed by atoms with van der Waals surface area (Å²) in [5.41, 5.74) is 1.01. The minimum atomic E-state index is 0.175. The number of aryl methyl sites for hydroxylation is 1. The number of halogens is 1. The van der Waals surface area contributed by atoms with Crippen LogP contribution in [0.4, 0.5) is 5.95 Å². The third-order valence-electron chi connectivity index (χ3n) is 4.54. The van der Waals surface area contributed by atoms with E-state index in [1.54, 1.807) is 6.20 Å². The van der Waals surface area contributed by atoms with Gasteiger partial charge >= 0.3 is 0 Å². The molecule has 0 saturated carbocycles. The first kappa shape index (κ1) is 16.8. The van der Waals surface area contributed by atoms with Crippen molar-refractivity contribution < 1.29 is 4.74 Å². The Morgan fingerprint density at radius 3 is 2.50 bits per heavy atom. The Balaban J connectivity index is 1.47. The highest BCUT2D eigenvalue weighted by molar-refractivity contribution is 6.30. The van der Waals surface area contributed by atoms with Gasteiger partial charge in [-0.3, -0.25) is 4.57 Å². The van der Waals surface area contributed by atoms with Gasteiger partial charge in [0.25, 0.3) is 0 Å². The van der Waals surface area contributed by atoms with Gasteiger partial charge in [0.1, 0.15) is 11.9 Å². The Morgan fingerprint density at radius 1 is 1.04 bits per heavy atom. The summed E-state index contributed by atoms with van der Waals surface area (Å²) >= 11 is 6.01. The van der Waals surface area contributed by atoms with Crippen molar-refractivity contribution >= 4 is 17.5 Å². The Kier molecular flexibility index (Phi) is 4.75. The number of anilines is 1. The minimum absolute atomic E-state index is 0.175. The van der Waals surface area contributed by atoms with Crippen molar-refractivity contribution in [1.82, 2.24) is 19.7 Å². The zero-order valence-corrected chi connectivity index (χ0v) is 15.3. The standard InChI is InChI=1S/C19H20ClN5O/c1-14-22-23-19(25(14)16-7-5-15(20)6-8-16)24-12-9-17(10-13-24)26-18-4-2-3-11-21-18/h2-8,11,17H,9-10,12-13H2,1H3. The van der Waals surface area contributed by atoms with Crippen LogP contribution in [0.1, 0.15) is 18.7 Å². The van der Waals surface area contributed by atoms with E-state index in [-0.39, 0.29) is 6.10 Å². The summed E-state index contributed by atoms with van der Waals surface area (Å²) in [7, 11) is 0. The first-order valence-corrected chi connectivity index (χ1v) is 9.09. The molecule has 3 aromatic rings. The molecular formula is C19H20ClN5O. The lowest BCUT2D eigenvalue weighted by Gasteiger charge is -2.32. The molecule has 6 nitrogen and oxygen atoms in total. The van der Waals surface area contributed by atoms with Crippen LogP contribution in [0.2, 0.25) is 5.02 Å². The lowest BCUT2D eigenvalue weighted by molar-refractivity contribution is 0.163. The number of hydrogen-bond donors (Lipinski definition) is 0. The van der Waals surface area contributed by atoms with Crippen molar-refractivity contribution in [3.63, 3.8) is 0 Å². The molecule has 0 aliphatic carbocycles. The Morgan fingerprint density at radius 2 is 1.81 bits per heavy atom. The van der Waals surface area contributed by atoms with Gasteiger partial charge in [0.15, 0.2) is 0 Å². The summed E-state index contributed by atoms with van der Waals surface area (Å²) in [5, 5.41) is 9.39. The summed E-state index contributed by atoms with van der Waals surface area (Å²) < 4.78 is 8.04. The fraction of sp³-hybridized carbons (Fsp3) is 0.316. The molecular weight excluding hydrogens is 350 g/mol. The van der Waals surface area contributed by atoms with E-state index >= 15 is 0 Å². The summed E-state index contributed by atoms with van der Waals surface area (Å²) in [6.45, 7) is 3.69. The molecule has 0 radical (unpaired) electrons. The van der Waals surface area contributed by atoms with Crippen LogP contribution < -0.4 is 9.64 Å². The molecule has 2 aromatic heterocycles. The number of benzene rings is 1. The normalized spacial score (nSPS) is 15.2. The molecule has 1 saturated heterocycles. The number of hydrogen-bond acceptors (Lipinski definition) is 5. The third-order valence-corrected chi connectivity index (χ3v) is 4.79. The van der Waals surface area contributed by atoms with Crippen molar-refractivity contribution in [2.45, 2.75) is 25.9 Å². The van der Waals surface area contributed by atoms with E-state index in [2.05, 4.69) is 24.6 Å². The molecule has 0 unspecified atom stereocenters. The van der Waals surface area contributed by atoms with E-state index < -0.39 is 0 Å². The molecule has 1 aliphatic heterocycles. The summed E-state index contributed by atoms with van der Waals surface area (Å²) in [6.07, 6.45) is 3.77. The number of piperidine rings is 1. The van der Waals surface area contributed by atoms with Crippen molar-refractivity contribution in [2.24, 2.45) is 0 Å². The highest BCUT2D eigenvalue weighted by Gasteiger charge is 2.25. The third kappa shape index (κ3) is 3.51. The van der Waals surface area contributed by atoms with E-state index in [9.17, 15) is 0 Å². The largest absolute Gasteiger partial charge is 0.474 e. The molecule has 26 heavy (non-hydrogen) atoms. The Bertz CT molecular complexity index is 857. The van der Waals surface area contributed by atoms with Gasteiger partial charge in [0.2, 0.25) is 11.8 Å². The maximum atomic E-state index is 6.01. The SMILES string of the molecule is Cc1nnc(N2CCC(Oc3ccccn3)CC2)n1-c1ccc(Cl)cc1. The first-order valence-electron chi connectivity index (χ1n) is 8.71. The molecule has 0 atom stereocenters. The number of pyridine rings is 1. The highest BCUT2D eigenvalue weighted by Crippen LogP contribution is 2.25. The van der Waals surface area contributed by atoms with E-state index in [4.69, 9.17) is 16.3 Å². The van der Waals surface area contributed by atoms with Gasteiger partial charge in [-0.15, -0.1) is 10.2 Å². The molecule has 0 spiro atoms. The molecule has 0 amide bonds. The molecule has 134 valence electrons. The smallest absolute Gasteiger partial charge is 0.231 e. The van der Waals surface area contributed by atoms with Gasteiger partial charge in [-0.25, -0.2) is 4.98 Å². The molecule has 1 aliphatic rings. The number of rotatable bonds is 4. The first-order chi connectivity index (χ1) is 12.7. The molecule has 4 rings (SSSR count).